The zero-order valence-corrected chi connectivity index (χ0v) is 23.5. The van der Waals surface area contributed by atoms with Crippen molar-refractivity contribution in [3.8, 4) is 11.3 Å². The maximum Gasteiger partial charge on any atom is 0.149 e. The van der Waals surface area contributed by atoms with E-state index in [2.05, 4.69) is 22.0 Å². The van der Waals surface area contributed by atoms with Gasteiger partial charge in [0.15, 0.2) is 0 Å². The number of ether oxygens (including phenoxy) is 1. The van der Waals surface area contributed by atoms with E-state index in [1.807, 2.05) is 12.3 Å². The van der Waals surface area contributed by atoms with Crippen LogP contribution >= 0.6 is 0 Å². The van der Waals surface area contributed by atoms with Gasteiger partial charge >= 0.3 is 0 Å². The summed E-state index contributed by atoms with van der Waals surface area (Å²) < 4.78 is 59.9. The molecule has 3 heterocycles. The zero-order valence-electron chi connectivity index (χ0n) is 22.7. The van der Waals surface area contributed by atoms with Gasteiger partial charge in [-0.15, -0.1) is 0 Å². The molecule has 11 heteroatoms. The summed E-state index contributed by atoms with van der Waals surface area (Å²) in [7, 11) is -3.11. The topological polar surface area (TPSA) is 112 Å². The molecule has 212 valence electrons. The van der Waals surface area contributed by atoms with Gasteiger partial charge in [-0.2, -0.15) is 5.10 Å². The Balaban J connectivity index is 1.39. The number of hydrogen-bond donors (Lipinski definition) is 1. The fourth-order valence-corrected chi connectivity index (χ4v) is 6.13. The second kappa shape index (κ2) is 11.3. The maximum atomic E-state index is 14.7. The Morgan fingerprint density at radius 2 is 1.88 bits per heavy atom. The Kier molecular flexibility index (Phi) is 7.98. The van der Waals surface area contributed by atoms with Gasteiger partial charge < -0.3 is 10.5 Å². The van der Waals surface area contributed by atoms with Crippen LogP contribution in [0.25, 0.3) is 16.8 Å². The lowest BCUT2D eigenvalue weighted by atomic mass is 9.73. The lowest BCUT2D eigenvalue weighted by molar-refractivity contribution is -0.0154. The molecule has 0 radical (unpaired) electrons. The molecule has 0 spiro atoms. The molecule has 1 aliphatic carbocycles. The summed E-state index contributed by atoms with van der Waals surface area (Å²) in [6.45, 7) is 3.85. The number of pyridine rings is 1. The third kappa shape index (κ3) is 6.06. The van der Waals surface area contributed by atoms with Crippen molar-refractivity contribution in [2.45, 2.75) is 51.2 Å². The minimum Gasteiger partial charge on any atom is -0.375 e. The van der Waals surface area contributed by atoms with Crippen LogP contribution in [0.3, 0.4) is 0 Å². The van der Waals surface area contributed by atoms with Gasteiger partial charge in [-0.3, -0.25) is 4.98 Å². The number of nitrogens with zero attached hydrogens (tertiary/aromatic N) is 4. The molecule has 0 unspecified atom stereocenters. The molecule has 0 aliphatic heterocycles. The average molecular weight is 570 g/mol. The smallest absolute Gasteiger partial charge is 0.149 e. The van der Waals surface area contributed by atoms with Crippen LogP contribution in [0.5, 0.6) is 0 Å². The summed E-state index contributed by atoms with van der Waals surface area (Å²) in [6, 6.07) is 7.66. The normalized spacial score (nSPS) is 21.6. The van der Waals surface area contributed by atoms with Crippen LogP contribution < -0.4 is 5.73 Å². The monoisotopic (exact) mass is 569 g/mol. The van der Waals surface area contributed by atoms with Crippen LogP contribution in [-0.4, -0.2) is 58.8 Å². The third-order valence-electron chi connectivity index (χ3n) is 7.59. The molecular formula is C29H33F2N5O3S. The number of aromatic nitrogens is 4. The van der Waals surface area contributed by atoms with E-state index >= 15 is 0 Å². The number of hydrogen-bond acceptors (Lipinski definition) is 7. The quantitative estimate of drug-likeness (QED) is 0.338. The third-order valence-corrected chi connectivity index (χ3v) is 8.50. The summed E-state index contributed by atoms with van der Waals surface area (Å²) in [5, 5.41) is 4.55. The minimum atomic E-state index is -3.11. The van der Waals surface area contributed by atoms with Gasteiger partial charge in [-0.1, -0.05) is 6.92 Å². The summed E-state index contributed by atoms with van der Waals surface area (Å²) in [5.74, 6) is -0.454. The van der Waals surface area contributed by atoms with E-state index in [0.717, 1.165) is 17.5 Å². The van der Waals surface area contributed by atoms with Gasteiger partial charge in [-0.25, -0.2) is 26.7 Å². The standard InChI is InChI=1S/C29H33F2N5O3S/c1-17-10-23(30)28(24(31)11-17)26-5-4-21-16-34-27(36(21)35-26)14-20-15-33-7-6-22(20)19-12-18(2)29(25(32)13-19)39-8-9-40(3,37)38/h4-7,10-11,15-16,18-19,25,29H,8-9,12-14,32H2,1-3H3/t18-,19+,25+,29-/m0/s1. The predicted molar refractivity (Wildman–Crippen MR) is 149 cm³/mol. The Bertz CT molecular complexity index is 1610. The number of halogens is 2. The SMILES string of the molecule is Cc1cc(F)c(-c2ccc3cnc(Cc4cnccc4[C@H]4C[C@@H](N)[C@@H](OCCS(C)(=O)=O)[C@@H](C)C4)n3n2)c(F)c1. The Labute approximate surface area is 232 Å². The highest BCUT2D eigenvalue weighted by molar-refractivity contribution is 7.90. The van der Waals surface area contributed by atoms with Crippen molar-refractivity contribution in [1.29, 1.82) is 0 Å². The molecule has 8 nitrogen and oxygen atoms in total. The second-order valence-corrected chi connectivity index (χ2v) is 13.1. The Morgan fingerprint density at radius 3 is 2.58 bits per heavy atom. The molecule has 0 saturated heterocycles. The second-order valence-electron chi connectivity index (χ2n) is 10.9. The fourth-order valence-electron chi connectivity index (χ4n) is 5.73. The Hall–Kier alpha value is -3.28. The lowest BCUT2D eigenvalue weighted by Crippen LogP contribution is -2.47. The van der Waals surface area contributed by atoms with Gasteiger partial charge in [0.05, 0.1) is 41.4 Å². The number of benzene rings is 1. The number of aryl methyl sites for hydroxylation is 1. The predicted octanol–water partition coefficient (Wildman–Crippen LogP) is 4.24. The average Bonchev–Trinajstić information content (AvgIpc) is 3.26. The first-order valence-corrected chi connectivity index (χ1v) is 15.3. The van der Waals surface area contributed by atoms with Crippen LogP contribution in [0.1, 0.15) is 48.2 Å². The van der Waals surface area contributed by atoms with Crippen LogP contribution in [0.15, 0.2) is 48.9 Å². The van der Waals surface area contributed by atoms with Crippen molar-refractivity contribution in [1.82, 2.24) is 19.6 Å². The highest BCUT2D eigenvalue weighted by atomic mass is 32.2. The molecule has 2 N–H and O–H groups in total. The first kappa shape index (κ1) is 28.3. The van der Waals surface area contributed by atoms with E-state index in [4.69, 9.17) is 10.5 Å². The molecular weight excluding hydrogens is 536 g/mol. The molecule has 1 aliphatic rings. The van der Waals surface area contributed by atoms with Crippen molar-refractivity contribution in [3.05, 3.63) is 83.1 Å². The van der Waals surface area contributed by atoms with Gasteiger partial charge in [0.2, 0.25) is 0 Å². The molecule has 0 bridgehead atoms. The van der Waals surface area contributed by atoms with Gasteiger partial charge in [-0.05, 0) is 78.6 Å². The zero-order chi connectivity index (χ0) is 28.6. The van der Waals surface area contributed by atoms with E-state index in [9.17, 15) is 17.2 Å². The molecule has 40 heavy (non-hydrogen) atoms. The van der Waals surface area contributed by atoms with Crippen molar-refractivity contribution in [2.75, 3.05) is 18.6 Å². The molecule has 4 aromatic rings. The number of fused-ring (bicyclic) bond motifs is 1. The van der Waals surface area contributed by atoms with E-state index in [-0.39, 0.29) is 47.6 Å². The van der Waals surface area contributed by atoms with Gasteiger partial charge in [0.1, 0.15) is 27.3 Å². The van der Waals surface area contributed by atoms with E-state index in [0.29, 0.717) is 29.7 Å². The molecule has 1 aromatic carbocycles. The lowest BCUT2D eigenvalue weighted by Gasteiger charge is -2.39. The highest BCUT2D eigenvalue weighted by Gasteiger charge is 2.36. The number of rotatable bonds is 8. The molecule has 1 saturated carbocycles. The summed E-state index contributed by atoms with van der Waals surface area (Å²) in [6.07, 6.45) is 8.15. The van der Waals surface area contributed by atoms with Crippen molar-refractivity contribution in [2.24, 2.45) is 11.7 Å². The molecule has 5 rings (SSSR count). The largest absolute Gasteiger partial charge is 0.375 e. The van der Waals surface area contributed by atoms with Gasteiger partial charge in [0.25, 0.3) is 0 Å². The first-order valence-electron chi connectivity index (χ1n) is 13.3. The number of nitrogens with two attached hydrogens (primary N) is 1. The summed E-state index contributed by atoms with van der Waals surface area (Å²) in [5.41, 5.74) is 9.82. The van der Waals surface area contributed by atoms with Gasteiger partial charge in [0, 0.05) is 31.1 Å². The van der Waals surface area contributed by atoms with Crippen LogP contribution in [0.2, 0.25) is 0 Å². The summed E-state index contributed by atoms with van der Waals surface area (Å²) >= 11 is 0. The van der Waals surface area contributed by atoms with Crippen LogP contribution in [0, 0.1) is 24.5 Å². The molecule has 0 amide bonds. The number of imidazole rings is 1. The molecule has 4 atom stereocenters. The van der Waals surface area contributed by atoms with E-state index in [1.54, 1.807) is 36.0 Å². The van der Waals surface area contributed by atoms with Crippen LogP contribution in [-0.2, 0) is 21.0 Å². The maximum absolute atomic E-state index is 14.7. The van der Waals surface area contributed by atoms with Crippen molar-refractivity contribution in [3.63, 3.8) is 0 Å². The fraction of sp³-hybridized carbons (Fsp3) is 0.414. The summed E-state index contributed by atoms with van der Waals surface area (Å²) in [4.78, 5) is 8.90. The minimum absolute atomic E-state index is 0.0297. The first-order chi connectivity index (χ1) is 19.0. The van der Waals surface area contributed by atoms with E-state index < -0.39 is 21.5 Å². The molecule has 1 fully saturated rings. The Morgan fingerprint density at radius 1 is 1.12 bits per heavy atom. The van der Waals surface area contributed by atoms with Crippen LogP contribution in [0.4, 0.5) is 8.78 Å². The van der Waals surface area contributed by atoms with E-state index in [1.165, 1.54) is 18.4 Å². The van der Waals surface area contributed by atoms with Crippen molar-refractivity contribution < 1.29 is 21.9 Å². The number of sulfone groups is 1. The highest BCUT2D eigenvalue weighted by Crippen LogP contribution is 2.38. The van der Waals surface area contributed by atoms with Crippen molar-refractivity contribution >= 4 is 15.4 Å². The molecule has 3 aromatic heterocycles.